The number of hydrogen-bond donors (Lipinski definition) is 1. The van der Waals surface area contributed by atoms with E-state index in [0.717, 1.165) is 7.11 Å². The number of hydrogen-bond acceptors (Lipinski definition) is 5. The minimum atomic E-state index is -4.65. The van der Waals surface area contributed by atoms with Gasteiger partial charge < -0.3 is 10.3 Å². The lowest BCUT2D eigenvalue weighted by atomic mass is 9.82. The minimum Gasteiger partial charge on any atom is -0.724 e. The molecule has 0 atom stereocenters. The van der Waals surface area contributed by atoms with Gasteiger partial charge in [-0.3, -0.25) is 0 Å². The molecule has 0 aromatic rings. The summed E-state index contributed by atoms with van der Waals surface area (Å²) in [6.45, 7) is 6.95. The van der Waals surface area contributed by atoms with Crippen LogP contribution in [0.3, 0.4) is 0 Å². The summed E-state index contributed by atoms with van der Waals surface area (Å²) in [7, 11) is -3.72. The van der Waals surface area contributed by atoms with Gasteiger partial charge in [-0.1, -0.05) is 271 Å². The summed E-state index contributed by atoms with van der Waals surface area (Å²) < 4.78 is 31.1. The fourth-order valence-electron chi connectivity index (χ4n) is 8.54. The molecule has 7 heteroatoms. The van der Waals surface area contributed by atoms with E-state index in [1.807, 2.05) is 0 Å². The predicted molar refractivity (Wildman–Crippen MR) is 248 cm³/mol. The molecule has 0 heterocycles. The third-order valence-corrected chi connectivity index (χ3v) is 12.6. The van der Waals surface area contributed by atoms with Crippen molar-refractivity contribution >= 4 is 10.4 Å². The fourth-order valence-corrected chi connectivity index (χ4v) is 8.71. The first kappa shape index (κ1) is 58.9. The molecular formula is C50H105NO5S. The number of quaternary nitrogens is 1. The first-order chi connectivity index (χ1) is 27.7. The van der Waals surface area contributed by atoms with Crippen LogP contribution in [0, 0.1) is 0 Å². The van der Waals surface area contributed by atoms with Crippen molar-refractivity contribution in [1.82, 2.24) is 0 Å². The van der Waals surface area contributed by atoms with Crippen LogP contribution in [0.25, 0.3) is 0 Å². The molecule has 0 aliphatic rings. The van der Waals surface area contributed by atoms with Crippen LogP contribution < -0.4 is 5.73 Å². The van der Waals surface area contributed by atoms with E-state index in [4.69, 9.17) is 5.73 Å². The molecule has 0 aromatic carbocycles. The summed E-state index contributed by atoms with van der Waals surface area (Å²) in [4.78, 5) is 3.51. The van der Waals surface area contributed by atoms with Crippen molar-refractivity contribution in [1.29, 1.82) is 0 Å². The Morgan fingerprint density at radius 2 is 0.509 bits per heavy atom. The molecule has 0 fully saturated rings. The van der Waals surface area contributed by atoms with Crippen LogP contribution in [0.1, 0.15) is 310 Å². The molecule has 6 nitrogen and oxygen atoms in total. The maximum atomic E-state index is 9.33. The summed E-state index contributed by atoms with van der Waals surface area (Å²) in [6, 6.07) is 0. The first-order valence-corrected chi connectivity index (χ1v) is 27.1. The van der Waals surface area contributed by atoms with Crippen molar-refractivity contribution in [2.24, 2.45) is 0 Å². The Labute approximate surface area is 359 Å². The topological polar surface area (TPSA) is 103 Å². The Hall–Kier alpha value is -0.210. The molecule has 0 saturated carbocycles. The van der Waals surface area contributed by atoms with E-state index >= 15 is 0 Å². The van der Waals surface area contributed by atoms with E-state index in [9.17, 15) is 13.0 Å². The van der Waals surface area contributed by atoms with Gasteiger partial charge in [0.2, 0.25) is 10.4 Å². The van der Waals surface area contributed by atoms with Gasteiger partial charge in [-0.15, -0.1) is 4.33 Å². The van der Waals surface area contributed by atoms with Crippen LogP contribution in [-0.4, -0.2) is 25.6 Å². The Bertz CT molecular complexity index is 760. The lowest BCUT2D eigenvalue weighted by Gasteiger charge is -2.26. The van der Waals surface area contributed by atoms with Crippen molar-refractivity contribution < 1.29 is 27.9 Å². The molecule has 0 rings (SSSR count). The molecule has 3 N–H and O–H groups in total. The summed E-state index contributed by atoms with van der Waals surface area (Å²) in [5, 5.41) is 0. The molecule has 0 saturated heterocycles. The first-order valence-electron chi connectivity index (χ1n) is 25.8. The Morgan fingerprint density at radius 1 is 0.351 bits per heavy atom. The Kier molecular flexibility index (Phi) is 50.1. The molecule has 0 aliphatic heterocycles. The largest absolute Gasteiger partial charge is 0.724 e. The maximum absolute atomic E-state index is 9.33. The van der Waals surface area contributed by atoms with Crippen LogP contribution >= 0.6 is 0 Å². The lowest BCUT2D eigenvalue weighted by Crippen LogP contribution is -2.72. The van der Waals surface area contributed by atoms with Crippen molar-refractivity contribution in [3.63, 3.8) is 0 Å². The van der Waals surface area contributed by atoms with Gasteiger partial charge in [0.1, 0.15) is 0 Å². The average molecular weight is 832 g/mol. The van der Waals surface area contributed by atoms with E-state index in [-0.39, 0.29) is 0 Å². The zero-order valence-corrected chi connectivity index (χ0v) is 40.3. The normalized spacial score (nSPS) is 12.0. The van der Waals surface area contributed by atoms with Crippen LogP contribution in [0.2, 0.25) is 0 Å². The van der Waals surface area contributed by atoms with Crippen LogP contribution in [0.15, 0.2) is 0 Å². The smallest absolute Gasteiger partial charge is 0.245 e. The second-order valence-electron chi connectivity index (χ2n) is 18.2. The second kappa shape index (κ2) is 48.5. The van der Waals surface area contributed by atoms with Gasteiger partial charge in [0.25, 0.3) is 0 Å². The summed E-state index contributed by atoms with van der Waals surface area (Å²) in [5.41, 5.74) is 5.33. The van der Waals surface area contributed by atoms with Crippen molar-refractivity contribution in [2.75, 3.05) is 7.11 Å². The lowest BCUT2D eigenvalue weighted by molar-refractivity contribution is -0.484. The molecule has 57 heavy (non-hydrogen) atoms. The van der Waals surface area contributed by atoms with Crippen LogP contribution in [-0.2, 0) is 19.6 Å². The highest BCUT2D eigenvalue weighted by atomic mass is 32.3. The Morgan fingerprint density at radius 3 is 0.632 bits per heavy atom. The molecule has 0 aliphatic carbocycles. The highest BCUT2D eigenvalue weighted by molar-refractivity contribution is 7.80. The zero-order chi connectivity index (χ0) is 42.2. The van der Waals surface area contributed by atoms with Crippen molar-refractivity contribution in [3.05, 3.63) is 0 Å². The van der Waals surface area contributed by atoms with E-state index < -0.39 is 10.4 Å². The van der Waals surface area contributed by atoms with Gasteiger partial charge in [-0.05, 0) is 19.3 Å². The van der Waals surface area contributed by atoms with Gasteiger partial charge in [0.05, 0.1) is 12.6 Å². The van der Waals surface area contributed by atoms with E-state index in [0.29, 0.717) is 5.54 Å². The predicted octanol–water partition coefficient (Wildman–Crippen LogP) is 16.6. The van der Waals surface area contributed by atoms with Gasteiger partial charge in [-0.25, -0.2) is 13.3 Å². The summed E-state index contributed by atoms with van der Waals surface area (Å²) >= 11 is 0. The zero-order valence-electron chi connectivity index (χ0n) is 39.5. The van der Waals surface area contributed by atoms with E-state index in [1.165, 1.54) is 289 Å². The SMILES string of the molecule is CCCCCCCCCCCCCCCCC([NH3+])(CCCCCCCCCCCCCCCC)CCCCCCCCCCCCCCCC.COOS(=O)(=O)[O-]. The molecule has 0 bridgehead atoms. The molecule has 0 amide bonds. The molecule has 0 radical (unpaired) electrons. The third-order valence-electron chi connectivity index (χ3n) is 12.3. The summed E-state index contributed by atoms with van der Waals surface area (Å²) in [5.74, 6) is 0. The molecule has 0 unspecified atom stereocenters. The monoisotopic (exact) mass is 832 g/mol. The quantitative estimate of drug-likeness (QED) is 0.0216. The van der Waals surface area contributed by atoms with Gasteiger partial charge in [0, 0.05) is 19.3 Å². The van der Waals surface area contributed by atoms with Gasteiger partial charge in [-0.2, -0.15) is 0 Å². The fraction of sp³-hybridized carbons (Fsp3) is 1.00. The maximum Gasteiger partial charge on any atom is 0.245 e. The van der Waals surface area contributed by atoms with E-state index in [1.54, 1.807) is 0 Å². The van der Waals surface area contributed by atoms with Crippen molar-refractivity contribution in [2.45, 2.75) is 315 Å². The standard InChI is InChI=1S/C49H101N.CH4O5S/c1-4-7-10-13-16-19-22-25-28-31-34-37-40-43-46-49(50,47-44-41-38-35-32-29-26-23-20-17-14-11-8-5-2)48-45-42-39-36-33-30-27-24-21-18-15-12-9-6-3;1-5-6-7(2,3)4/h4-48,50H2,1-3H3;1H3,(H,2,3,4). The van der Waals surface area contributed by atoms with Gasteiger partial charge >= 0.3 is 0 Å². The Balaban J connectivity index is 0. The average Bonchev–Trinajstić information content (AvgIpc) is 3.18. The highest BCUT2D eigenvalue weighted by Gasteiger charge is 2.27. The van der Waals surface area contributed by atoms with Gasteiger partial charge in [0.15, 0.2) is 0 Å². The molecule has 0 spiro atoms. The van der Waals surface area contributed by atoms with Crippen LogP contribution in [0.5, 0.6) is 0 Å². The number of rotatable bonds is 47. The van der Waals surface area contributed by atoms with Crippen LogP contribution in [0.4, 0.5) is 0 Å². The molecular weight excluding hydrogens is 727 g/mol. The van der Waals surface area contributed by atoms with Crippen molar-refractivity contribution in [3.8, 4) is 0 Å². The molecule has 0 aromatic heterocycles. The third kappa shape index (κ3) is 53.8. The number of unbranched alkanes of at least 4 members (excludes halogenated alkanes) is 39. The molecule has 346 valence electrons. The second-order valence-corrected chi connectivity index (χ2v) is 19.1. The minimum absolute atomic E-state index is 0.366. The van der Waals surface area contributed by atoms with E-state index in [2.05, 4.69) is 30.0 Å². The summed E-state index contributed by atoms with van der Waals surface area (Å²) in [6.07, 6.45) is 65.5. The highest BCUT2D eigenvalue weighted by Crippen LogP contribution is 2.26.